The molecular weight excluding hydrogens is 216 g/mol. The van der Waals surface area contributed by atoms with E-state index in [1.807, 2.05) is 25.4 Å². The summed E-state index contributed by atoms with van der Waals surface area (Å²) in [6.07, 6.45) is 5.96. The van der Waals surface area contributed by atoms with Crippen molar-refractivity contribution in [2.24, 2.45) is 12.8 Å². The van der Waals surface area contributed by atoms with Crippen LogP contribution in [0.3, 0.4) is 0 Å². The van der Waals surface area contributed by atoms with Gasteiger partial charge >= 0.3 is 0 Å². The molecule has 0 radical (unpaired) electrons. The molecule has 17 heavy (non-hydrogen) atoms. The minimum atomic E-state index is -0.151. The van der Waals surface area contributed by atoms with Gasteiger partial charge in [0.15, 0.2) is 5.75 Å². The van der Waals surface area contributed by atoms with Crippen LogP contribution in [0.1, 0.15) is 17.3 Å². The second-order valence-electron chi connectivity index (χ2n) is 3.89. The molecule has 2 N–H and O–H groups in total. The molecule has 2 aromatic heterocycles. The lowest BCUT2D eigenvalue weighted by molar-refractivity contribution is 0.402. The van der Waals surface area contributed by atoms with Crippen LogP contribution in [0.15, 0.2) is 30.7 Å². The zero-order valence-electron chi connectivity index (χ0n) is 10.00. The molecule has 0 amide bonds. The van der Waals surface area contributed by atoms with E-state index in [2.05, 4.69) is 10.1 Å². The number of rotatable bonds is 4. The molecule has 0 spiro atoms. The van der Waals surface area contributed by atoms with E-state index in [0.717, 1.165) is 17.0 Å². The molecule has 0 aromatic carbocycles. The number of pyridine rings is 1. The summed E-state index contributed by atoms with van der Waals surface area (Å²) in [5, 5.41) is 4.15. The third-order valence-electron chi connectivity index (χ3n) is 2.70. The number of hydrogen-bond donors (Lipinski definition) is 1. The van der Waals surface area contributed by atoms with Gasteiger partial charge in [0, 0.05) is 19.4 Å². The topological polar surface area (TPSA) is 66.0 Å². The van der Waals surface area contributed by atoms with Gasteiger partial charge in [-0.05, 0) is 18.1 Å². The molecule has 5 nitrogen and oxygen atoms in total. The Morgan fingerprint density at radius 1 is 1.47 bits per heavy atom. The van der Waals surface area contributed by atoms with Crippen LogP contribution in [0.2, 0.25) is 0 Å². The van der Waals surface area contributed by atoms with E-state index in [4.69, 9.17) is 10.5 Å². The second-order valence-corrected chi connectivity index (χ2v) is 3.89. The van der Waals surface area contributed by atoms with Crippen molar-refractivity contribution >= 4 is 0 Å². The fourth-order valence-electron chi connectivity index (χ4n) is 1.88. The molecule has 90 valence electrons. The van der Waals surface area contributed by atoms with Crippen LogP contribution in [-0.2, 0) is 13.5 Å². The average Bonchev–Trinajstić information content (AvgIpc) is 2.71. The lowest BCUT2D eigenvalue weighted by Crippen LogP contribution is -2.18. The van der Waals surface area contributed by atoms with Gasteiger partial charge in [0.2, 0.25) is 0 Å². The van der Waals surface area contributed by atoms with Crippen molar-refractivity contribution in [2.45, 2.75) is 12.5 Å². The van der Waals surface area contributed by atoms with E-state index in [0.29, 0.717) is 6.42 Å². The molecule has 0 aliphatic carbocycles. The van der Waals surface area contributed by atoms with Crippen LogP contribution in [0.25, 0.3) is 0 Å². The van der Waals surface area contributed by atoms with Crippen LogP contribution in [0.4, 0.5) is 0 Å². The van der Waals surface area contributed by atoms with Crippen molar-refractivity contribution in [3.8, 4) is 5.75 Å². The van der Waals surface area contributed by atoms with Crippen molar-refractivity contribution < 1.29 is 4.74 Å². The molecule has 2 rings (SSSR count). The molecule has 5 heteroatoms. The Hall–Kier alpha value is -1.88. The Morgan fingerprint density at radius 3 is 2.94 bits per heavy atom. The van der Waals surface area contributed by atoms with Gasteiger partial charge in [-0.3, -0.25) is 9.67 Å². The van der Waals surface area contributed by atoms with Crippen LogP contribution in [-0.4, -0.2) is 21.9 Å². The van der Waals surface area contributed by atoms with E-state index >= 15 is 0 Å². The minimum absolute atomic E-state index is 0.151. The Bertz CT molecular complexity index is 481. The van der Waals surface area contributed by atoms with Crippen molar-refractivity contribution in [1.29, 1.82) is 0 Å². The SMILES string of the molecule is COc1cnn(C)c1C(N)Cc1cccnc1. The van der Waals surface area contributed by atoms with E-state index in [1.165, 1.54) is 0 Å². The molecular formula is C12H16N4O. The lowest BCUT2D eigenvalue weighted by atomic mass is 10.1. The third kappa shape index (κ3) is 2.45. The first-order valence-corrected chi connectivity index (χ1v) is 5.42. The van der Waals surface area contributed by atoms with E-state index in [-0.39, 0.29) is 6.04 Å². The maximum absolute atomic E-state index is 6.18. The van der Waals surface area contributed by atoms with Crippen LogP contribution in [0.5, 0.6) is 5.75 Å². The number of nitrogens with zero attached hydrogens (tertiary/aromatic N) is 3. The van der Waals surface area contributed by atoms with Gasteiger partial charge in [0.05, 0.1) is 25.0 Å². The highest BCUT2D eigenvalue weighted by atomic mass is 16.5. The Kier molecular flexibility index (Phi) is 3.39. The van der Waals surface area contributed by atoms with E-state index < -0.39 is 0 Å². The Morgan fingerprint density at radius 2 is 2.29 bits per heavy atom. The summed E-state index contributed by atoms with van der Waals surface area (Å²) in [4.78, 5) is 4.07. The van der Waals surface area contributed by atoms with Gasteiger partial charge in [-0.15, -0.1) is 0 Å². The van der Waals surface area contributed by atoms with Crippen molar-refractivity contribution in [3.63, 3.8) is 0 Å². The molecule has 0 fully saturated rings. The van der Waals surface area contributed by atoms with Crippen LogP contribution in [0, 0.1) is 0 Å². The summed E-state index contributed by atoms with van der Waals surface area (Å²) < 4.78 is 7.00. The number of hydrogen-bond acceptors (Lipinski definition) is 4. The summed E-state index contributed by atoms with van der Waals surface area (Å²) in [7, 11) is 3.48. The van der Waals surface area contributed by atoms with Gasteiger partial charge in [0.25, 0.3) is 0 Å². The zero-order valence-corrected chi connectivity index (χ0v) is 10.00. The monoisotopic (exact) mass is 232 g/mol. The first kappa shape index (κ1) is 11.6. The van der Waals surface area contributed by atoms with E-state index in [1.54, 1.807) is 24.2 Å². The maximum atomic E-state index is 6.18. The molecule has 0 saturated heterocycles. The number of nitrogens with two attached hydrogens (primary N) is 1. The summed E-state index contributed by atoms with van der Waals surface area (Å²) in [5.41, 5.74) is 8.18. The lowest BCUT2D eigenvalue weighted by Gasteiger charge is -2.13. The summed E-state index contributed by atoms with van der Waals surface area (Å²) in [5.74, 6) is 0.726. The van der Waals surface area contributed by atoms with Gasteiger partial charge in [0.1, 0.15) is 0 Å². The number of aromatic nitrogens is 3. The van der Waals surface area contributed by atoms with Crippen molar-refractivity contribution in [1.82, 2.24) is 14.8 Å². The standard InChI is InChI=1S/C12H16N4O/c1-16-12(11(17-2)8-15-16)10(13)6-9-4-3-5-14-7-9/h3-5,7-8,10H,6,13H2,1-2H3. The predicted octanol–water partition coefficient (Wildman–Crippen LogP) is 1.07. The summed E-state index contributed by atoms with van der Waals surface area (Å²) >= 11 is 0. The normalized spacial score (nSPS) is 12.4. The average molecular weight is 232 g/mol. The van der Waals surface area contributed by atoms with Gasteiger partial charge in [-0.2, -0.15) is 5.10 Å². The van der Waals surface area contributed by atoms with Gasteiger partial charge in [-0.1, -0.05) is 6.07 Å². The molecule has 2 heterocycles. The molecule has 0 aliphatic heterocycles. The summed E-state index contributed by atoms with van der Waals surface area (Å²) in [6, 6.07) is 3.76. The quantitative estimate of drug-likeness (QED) is 0.856. The fourth-order valence-corrected chi connectivity index (χ4v) is 1.88. The van der Waals surface area contributed by atoms with Crippen LogP contribution < -0.4 is 10.5 Å². The van der Waals surface area contributed by atoms with Crippen LogP contribution >= 0.6 is 0 Å². The van der Waals surface area contributed by atoms with Crippen molar-refractivity contribution in [3.05, 3.63) is 42.0 Å². The molecule has 1 atom stereocenters. The zero-order chi connectivity index (χ0) is 12.3. The number of aryl methyl sites for hydroxylation is 1. The first-order valence-electron chi connectivity index (χ1n) is 5.42. The summed E-state index contributed by atoms with van der Waals surface area (Å²) in [6.45, 7) is 0. The largest absolute Gasteiger partial charge is 0.493 e. The molecule has 2 aromatic rings. The smallest absolute Gasteiger partial charge is 0.161 e. The number of ether oxygens (including phenoxy) is 1. The number of methoxy groups -OCH3 is 1. The molecule has 1 unspecified atom stereocenters. The maximum Gasteiger partial charge on any atom is 0.161 e. The Labute approximate surface area is 100 Å². The fraction of sp³-hybridized carbons (Fsp3) is 0.333. The molecule has 0 aliphatic rings. The molecule has 0 bridgehead atoms. The van der Waals surface area contributed by atoms with Gasteiger partial charge < -0.3 is 10.5 Å². The minimum Gasteiger partial charge on any atom is -0.493 e. The van der Waals surface area contributed by atoms with Gasteiger partial charge in [-0.25, -0.2) is 0 Å². The second kappa shape index (κ2) is 4.97. The molecule has 0 saturated carbocycles. The third-order valence-corrected chi connectivity index (χ3v) is 2.70. The highest BCUT2D eigenvalue weighted by Crippen LogP contribution is 2.24. The first-order chi connectivity index (χ1) is 8.22. The van der Waals surface area contributed by atoms with Crippen molar-refractivity contribution in [2.75, 3.05) is 7.11 Å². The highest BCUT2D eigenvalue weighted by Gasteiger charge is 2.17. The Balaban J connectivity index is 2.20. The highest BCUT2D eigenvalue weighted by molar-refractivity contribution is 5.29. The predicted molar refractivity (Wildman–Crippen MR) is 64.6 cm³/mol. The van der Waals surface area contributed by atoms with E-state index in [9.17, 15) is 0 Å².